The Bertz CT molecular complexity index is 505. The lowest BCUT2D eigenvalue weighted by atomic mass is 10.3. The van der Waals surface area contributed by atoms with Crippen LogP contribution in [0.15, 0.2) is 12.1 Å². The fourth-order valence-electron chi connectivity index (χ4n) is 1.59. The third kappa shape index (κ3) is 1.83. The molecule has 15 heavy (non-hydrogen) atoms. The minimum absolute atomic E-state index is 0.529. The van der Waals surface area contributed by atoms with Crippen LogP contribution in [0.2, 0.25) is 10.0 Å². The van der Waals surface area contributed by atoms with Crippen LogP contribution in [0.4, 0.5) is 0 Å². The number of rotatable bonds is 2. The van der Waals surface area contributed by atoms with Crippen LogP contribution in [0.5, 0.6) is 0 Å². The fourth-order valence-corrected chi connectivity index (χ4v) is 1.91. The van der Waals surface area contributed by atoms with Crippen molar-refractivity contribution in [3.8, 4) is 0 Å². The monoisotopic (exact) mass is 243 g/mol. The van der Waals surface area contributed by atoms with E-state index in [4.69, 9.17) is 28.9 Å². The Morgan fingerprint density at radius 1 is 1.33 bits per heavy atom. The van der Waals surface area contributed by atoms with Gasteiger partial charge in [0.15, 0.2) is 0 Å². The van der Waals surface area contributed by atoms with Crippen LogP contribution in [0.3, 0.4) is 0 Å². The number of aryl methyl sites for hydroxylation is 1. The third-order valence-corrected chi connectivity index (χ3v) is 3.11. The van der Waals surface area contributed by atoms with Crippen molar-refractivity contribution >= 4 is 34.2 Å². The first kappa shape index (κ1) is 10.7. The molecule has 0 aliphatic carbocycles. The van der Waals surface area contributed by atoms with E-state index in [2.05, 4.69) is 4.98 Å². The van der Waals surface area contributed by atoms with Gasteiger partial charge in [-0.25, -0.2) is 4.98 Å². The highest BCUT2D eigenvalue weighted by Gasteiger charge is 2.09. The highest BCUT2D eigenvalue weighted by molar-refractivity contribution is 6.42. The summed E-state index contributed by atoms with van der Waals surface area (Å²) in [7, 11) is 1.95. The molecule has 0 saturated carbocycles. The quantitative estimate of drug-likeness (QED) is 0.881. The molecule has 0 unspecified atom stereocenters. The van der Waals surface area contributed by atoms with Crippen molar-refractivity contribution in [3.63, 3.8) is 0 Å². The maximum atomic E-state index is 5.95. The fraction of sp³-hybridized carbons (Fsp3) is 0.300. The van der Waals surface area contributed by atoms with Crippen molar-refractivity contribution in [1.29, 1.82) is 0 Å². The summed E-state index contributed by atoms with van der Waals surface area (Å²) < 4.78 is 1.99. The summed E-state index contributed by atoms with van der Waals surface area (Å²) in [4.78, 5) is 4.44. The Balaban J connectivity index is 2.66. The molecule has 0 bridgehead atoms. The molecular weight excluding hydrogens is 233 g/mol. The van der Waals surface area contributed by atoms with Gasteiger partial charge in [0.25, 0.3) is 0 Å². The molecule has 0 atom stereocenters. The summed E-state index contributed by atoms with van der Waals surface area (Å²) >= 11 is 11.9. The van der Waals surface area contributed by atoms with Gasteiger partial charge < -0.3 is 10.3 Å². The number of imidazole rings is 1. The second-order valence-electron chi connectivity index (χ2n) is 3.38. The number of benzene rings is 1. The minimum Gasteiger partial charge on any atom is -0.331 e. The lowest BCUT2D eigenvalue weighted by molar-refractivity contribution is 0.794. The van der Waals surface area contributed by atoms with E-state index in [1.54, 1.807) is 6.07 Å². The molecule has 2 N–H and O–H groups in total. The maximum Gasteiger partial charge on any atom is 0.110 e. The van der Waals surface area contributed by atoms with Crippen molar-refractivity contribution < 1.29 is 0 Å². The normalized spacial score (nSPS) is 11.2. The Morgan fingerprint density at radius 3 is 2.67 bits per heavy atom. The van der Waals surface area contributed by atoms with Gasteiger partial charge in [-0.15, -0.1) is 0 Å². The molecule has 1 heterocycles. The molecule has 2 rings (SSSR count). The zero-order chi connectivity index (χ0) is 11.0. The molecule has 0 spiro atoms. The van der Waals surface area contributed by atoms with E-state index >= 15 is 0 Å². The van der Waals surface area contributed by atoms with Gasteiger partial charge in [-0.3, -0.25) is 0 Å². The average Bonchev–Trinajstić information content (AvgIpc) is 2.47. The van der Waals surface area contributed by atoms with Crippen molar-refractivity contribution in [3.05, 3.63) is 28.0 Å². The summed E-state index contributed by atoms with van der Waals surface area (Å²) in [5.74, 6) is 0.950. The maximum absolute atomic E-state index is 5.95. The zero-order valence-corrected chi connectivity index (χ0v) is 9.81. The Labute approximate surface area is 97.8 Å². The molecule has 0 aliphatic heterocycles. The number of hydrogen-bond donors (Lipinski definition) is 1. The Morgan fingerprint density at radius 2 is 2.00 bits per heavy atom. The zero-order valence-electron chi connectivity index (χ0n) is 8.30. The number of fused-ring (bicyclic) bond motifs is 1. The summed E-state index contributed by atoms with van der Waals surface area (Å²) in [6.45, 7) is 0.582. The molecule has 0 saturated heterocycles. The van der Waals surface area contributed by atoms with E-state index in [1.807, 2.05) is 17.7 Å². The van der Waals surface area contributed by atoms with Gasteiger partial charge in [-0.05, 0) is 18.7 Å². The van der Waals surface area contributed by atoms with Gasteiger partial charge in [0, 0.05) is 13.5 Å². The van der Waals surface area contributed by atoms with Crippen LogP contribution in [0.25, 0.3) is 11.0 Å². The SMILES string of the molecule is Cn1c(CCN)nc2cc(Cl)c(Cl)cc21. The van der Waals surface area contributed by atoms with Gasteiger partial charge in [-0.2, -0.15) is 0 Å². The predicted octanol–water partition coefficient (Wildman–Crippen LogP) is 2.38. The van der Waals surface area contributed by atoms with E-state index in [1.165, 1.54) is 0 Å². The van der Waals surface area contributed by atoms with Crippen LogP contribution in [0.1, 0.15) is 5.82 Å². The van der Waals surface area contributed by atoms with Crippen LogP contribution >= 0.6 is 23.2 Å². The molecule has 0 amide bonds. The largest absolute Gasteiger partial charge is 0.331 e. The Hall–Kier alpha value is -0.770. The lowest BCUT2D eigenvalue weighted by Gasteiger charge is -2.00. The van der Waals surface area contributed by atoms with Gasteiger partial charge in [0.2, 0.25) is 0 Å². The predicted molar refractivity (Wildman–Crippen MR) is 63.5 cm³/mol. The topological polar surface area (TPSA) is 43.8 Å². The molecule has 1 aromatic heterocycles. The summed E-state index contributed by atoms with van der Waals surface area (Å²) in [6, 6.07) is 3.60. The smallest absolute Gasteiger partial charge is 0.110 e. The molecule has 2 aromatic rings. The van der Waals surface area contributed by atoms with Crippen molar-refractivity contribution in [2.45, 2.75) is 6.42 Å². The van der Waals surface area contributed by atoms with E-state index in [-0.39, 0.29) is 0 Å². The van der Waals surface area contributed by atoms with Crippen molar-refractivity contribution in [2.24, 2.45) is 12.8 Å². The minimum atomic E-state index is 0.529. The summed E-state index contributed by atoms with van der Waals surface area (Å²) in [5, 5.41) is 1.08. The molecule has 5 heteroatoms. The number of hydrogen-bond acceptors (Lipinski definition) is 2. The van der Waals surface area contributed by atoms with E-state index in [0.29, 0.717) is 16.6 Å². The van der Waals surface area contributed by atoms with Gasteiger partial charge in [0.1, 0.15) is 5.82 Å². The third-order valence-electron chi connectivity index (χ3n) is 2.38. The molecule has 80 valence electrons. The first-order chi connectivity index (χ1) is 7.13. The average molecular weight is 244 g/mol. The molecular formula is C10H11Cl2N3. The first-order valence-electron chi connectivity index (χ1n) is 4.64. The second-order valence-corrected chi connectivity index (χ2v) is 4.20. The van der Waals surface area contributed by atoms with Gasteiger partial charge in [-0.1, -0.05) is 23.2 Å². The number of nitrogens with zero attached hydrogens (tertiary/aromatic N) is 2. The summed E-state index contributed by atoms with van der Waals surface area (Å²) in [6.07, 6.45) is 0.750. The highest BCUT2D eigenvalue weighted by atomic mass is 35.5. The summed E-state index contributed by atoms with van der Waals surface area (Å²) in [5.41, 5.74) is 7.34. The number of halogens is 2. The standard InChI is InChI=1S/C10H11Cl2N3/c1-15-9-5-7(12)6(11)4-8(9)14-10(15)2-3-13/h4-5H,2-3,13H2,1H3. The highest BCUT2D eigenvalue weighted by Crippen LogP contribution is 2.27. The number of nitrogens with two attached hydrogens (primary N) is 1. The first-order valence-corrected chi connectivity index (χ1v) is 5.39. The van der Waals surface area contributed by atoms with Crippen LogP contribution < -0.4 is 5.73 Å². The molecule has 3 nitrogen and oxygen atoms in total. The lowest BCUT2D eigenvalue weighted by Crippen LogP contribution is -2.07. The Kier molecular flexibility index (Phi) is 2.87. The van der Waals surface area contributed by atoms with Crippen molar-refractivity contribution in [1.82, 2.24) is 9.55 Å². The van der Waals surface area contributed by atoms with Crippen LogP contribution in [-0.2, 0) is 13.5 Å². The molecule has 0 fully saturated rings. The van der Waals surface area contributed by atoms with Crippen molar-refractivity contribution in [2.75, 3.05) is 6.54 Å². The van der Waals surface area contributed by atoms with Gasteiger partial charge >= 0.3 is 0 Å². The van der Waals surface area contributed by atoms with Gasteiger partial charge in [0.05, 0.1) is 21.1 Å². The van der Waals surface area contributed by atoms with E-state index in [0.717, 1.165) is 23.3 Å². The van der Waals surface area contributed by atoms with Crippen LogP contribution in [0, 0.1) is 0 Å². The molecule has 1 aromatic carbocycles. The number of aromatic nitrogens is 2. The second kappa shape index (κ2) is 4.00. The molecule has 0 radical (unpaired) electrons. The molecule has 0 aliphatic rings. The van der Waals surface area contributed by atoms with E-state index in [9.17, 15) is 0 Å². The van der Waals surface area contributed by atoms with E-state index < -0.39 is 0 Å². The van der Waals surface area contributed by atoms with Crippen LogP contribution in [-0.4, -0.2) is 16.1 Å².